The van der Waals surface area contributed by atoms with E-state index in [0.717, 1.165) is 24.8 Å². The smallest absolute Gasteiger partial charge is 0.191 e. The Morgan fingerprint density at radius 2 is 2.00 bits per heavy atom. The number of aliphatic imine (C=N–C) groups is 1. The van der Waals surface area contributed by atoms with Gasteiger partial charge in [0.2, 0.25) is 0 Å². The van der Waals surface area contributed by atoms with Crippen LogP contribution in [0.2, 0.25) is 0 Å². The van der Waals surface area contributed by atoms with E-state index in [4.69, 9.17) is 4.99 Å². The summed E-state index contributed by atoms with van der Waals surface area (Å²) in [5.74, 6) is 1.63. The molecule has 6 nitrogen and oxygen atoms in total. The lowest BCUT2D eigenvalue weighted by atomic mass is 10.0. The SMILES string of the molecule is CCNC(=NCC(c1cnn(C)c1)N(C)C)NC(C)CCC(C)C. The molecule has 0 amide bonds. The van der Waals surface area contributed by atoms with Gasteiger partial charge in [0.1, 0.15) is 0 Å². The molecule has 2 unspecified atom stereocenters. The van der Waals surface area contributed by atoms with Gasteiger partial charge in [0.15, 0.2) is 5.96 Å². The van der Waals surface area contributed by atoms with E-state index in [1.54, 1.807) is 0 Å². The molecule has 1 aromatic rings. The fraction of sp³-hybridized carbons (Fsp3) is 0.778. The lowest BCUT2D eigenvalue weighted by Gasteiger charge is -2.23. The maximum absolute atomic E-state index is 4.80. The van der Waals surface area contributed by atoms with Crippen molar-refractivity contribution in [2.75, 3.05) is 27.2 Å². The second-order valence-electron chi connectivity index (χ2n) is 7.16. The molecular weight excluding hydrogens is 300 g/mol. The Morgan fingerprint density at radius 1 is 1.29 bits per heavy atom. The minimum absolute atomic E-state index is 0.222. The molecule has 2 N–H and O–H groups in total. The van der Waals surface area contributed by atoms with Crippen molar-refractivity contribution in [1.29, 1.82) is 0 Å². The van der Waals surface area contributed by atoms with Gasteiger partial charge in [-0.2, -0.15) is 5.10 Å². The van der Waals surface area contributed by atoms with Crippen LogP contribution in [0, 0.1) is 5.92 Å². The average molecular weight is 337 g/mol. The van der Waals surface area contributed by atoms with E-state index in [0.29, 0.717) is 12.6 Å². The first kappa shape index (κ1) is 20.5. The number of aryl methyl sites for hydroxylation is 1. The van der Waals surface area contributed by atoms with Crippen LogP contribution in [0.5, 0.6) is 0 Å². The van der Waals surface area contributed by atoms with Crippen molar-refractivity contribution in [2.45, 2.75) is 52.6 Å². The second-order valence-corrected chi connectivity index (χ2v) is 7.16. The largest absolute Gasteiger partial charge is 0.357 e. The van der Waals surface area contributed by atoms with Crippen molar-refractivity contribution in [3.05, 3.63) is 18.0 Å². The van der Waals surface area contributed by atoms with E-state index in [9.17, 15) is 0 Å². The highest BCUT2D eigenvalue weighted by Crippen LogP contribution is 2.17. The molecule has 0 saturated carbocycles. The minimum Gasteiger partial charge on any atom is -0.357 e. The molecule has 0 fully saturated rings. The molecule has 0 aliphatic rings. The van der Waals surface area contributed by atoms with E-state index in [1.807, 2.05) is 17.9 Å². The van der Waals surface area contributed by atoms with E-state index in [2.05, 4.69) is 68.6 Å². The molecule has 0 aliphatic carbocycles. The monoisotopic (exact) mass is 336 g/mol. The van der Waals surface area contributed by atoms with Crippen molar-refractivity contribution in [2.24, 2.45) is 18.0 Å². The lowest BCUT2D eigenvalue weighted by molar-refractivity contribution is 0.306. The Hall–Kier alpha value is -1.56. The Bertz CT molecular complexity index is 491. The van der Waals surface area contributed by atoms with E-state index in [1.165, 1.54) is 12.0 Å². The third kappa shape index (κ3) is 7.34. The van der Waals surface area contributed by atoms with Crippen LogP contribution in [-0.4, -0.2) is 53.9 Å². The van der Waals surface area contributed by atoms with Crippen LogP contribution in [0.25, 0.3) is 0 Å². The number of nitrogens with zero attached hydrogens (tertiary/aromatic N) is 4. The van der Waals surface area contributed by atoms with Gasteiger partial charge in [-0.1, -0.05) is 13.8 Å². The summed E-state index contributed by atoms with van der Waals surface area (Å²) in [6.45, 7) is 10.4. The second kappa shape index (κ2) is 10.3. The summed E-state index contributed by atoms with van der Waals surface area (Å²) >= 11 is 0. The summed E-state index contributed by atoms with van der Waals surface area (Å²) in [7, 11) is 6.11. The highest BCUT2D eigenvalue weighted by Gasteiger charge is 2.16. The first-order chi connectivity index (χ1) is 11.3. The van der Waals surface area contributed by atoms with Crippen molar-refractivity contribution >= 4 is 5.96 Å². The Labute approximate surface area is 147 Å². The Balaban J connectivity index is 2.71. The maximum atomic E-state index is 4.80. The van der Waals surface area contributed by atoms with Crippen LogP contribution in [0.15, 0.2) is 17.4 Å². The lowest BCUT2D eigenvalue weighted by Crippen LogP contribution is -2.42. The zero-order chi connectivity index (χ0) is 18.1. The molecule has 0 aromatic carbocycles. The zero-order valence-electron chi connectivity index (χ0n) is 16.5. The van der Waals surface area contributed by atoms with Gasteiger partial charge >= 0.3 is 0 Å². The molecule has 1 heterocycles. The number of hydrogen-bond donors (Lipinski definition) is 2. The molecule has 0 radical (unpaired) electrons. The Morgan fingerprint density at radius 3 is 2.50 bits per heavy atom. The minimum atomic E-state index is 0.222. The quantitative estimate of drug-likeness (QED) is 0.537. The summed E-state index contributed by atoms with van der Waals surface area (Å²) in [6, 6.07) is 0.640. The van der Waals surface area contributed by atoms with Gasteiger partial charge in [0, 0.05) is 31.4 Å². The summed E-state index contributed by atoms with van der Waals surface area (Å²) in [5.41, 5.74) is 1.19. The van der Waals surface area contributed by atoms with Gasteiger partial charge in [-0.25, -0.2) is 0 Å². The van der Waals surface area contributed by atoms with Crippen LogP contribution >= 0.6 is 0 Å². The molecular formula is C18H36N6. The van der Waals surface area contributed by atoms with Gasteiger partial charge in [0.25, 0.3) is 0 Å². The van der Waals surface area contributed by atoms with E-state index in [-0.39, 0.29) is 6.04 Å². The Kier molecular flexibility index (Phi) is 8.82. The molecule has 0 aliphatic heterocycles. The highest BCUT2D eigenvalue weighted by molar-refractivity contribution is 5.80. The third-order valence-corrected chi connectivity index (χ3v) is 4.06. The maximum Gasteiger partial charge on any atom is 0.191 e. The molecule has 1 aromatic heterocycles. The van der Waals surface area contributed by atoms with Crippen LogP contribution < -0.4 is 10.6 Å². The van der Waals surface area contributed by atoms with Crippen LogP contribution in [0.3, 0.4) is 0 Å². The molecule has 138 valence electrons. The van der Waals surface area contributed by atoms with Crippen molar-refractivity contribution in [3.8, 4) is 0 Å². The first-order valence-electron chi connectivity index (χ1n) is 9.03. The zero-order valence-corrected chi connectivity index (χ0v) is 16.5. The molecule has 0 spiro atoms. The highest BCUT2D eigenvalue weighted by atomic mass is 15.3. The van der Waals surface area contributed by atoms with Crippen LogP contribution in [0.4, 0.5) is 0 Å². The van der Waals surface area contributed by atoms with E-state index < -0.39 is 0 Å². The number of hydrogen-bond acceptors (Lipinski definition) is 3. The normalized spacial score (nSPS) is 15.0. The number of likely N-dealkylation sites (N-methyl/N-ethyl adjacent to an activating group) is 1. The van der Waals surface area contributed by atoms with Crippen molar-refractivity contribution in [3.63, 3.8) is 0 Å². The van der Waals surface area contributed by atoms with Crippen LogP contribution in [-0.2, 0) is 7.05 Å². The number of guanidine groups is 1. The predicted octanol–water partition coefficient (Wildman–Crippen LogP) is 2.40. The van der Waals surface area contributed by atoms with Gasteiger partial charge < -0.3 is 15.5 Å². The number of rotatable bonds is 9. The molecule has 24 heavy (non-hydrogen) atoms. The molecule has 6 heteroatoms. The number of aromatic nitrogens is 2. The topological polar surface area (TPSA) is 57.5 Å². The van der Waals surface area contributed by atoms with Gasteiger partial charge in [0.05, 0.1) is 18.8 Å². The summed E-state index contributed by atoms with van der Waals surface area (Å²) in [5, 5.41) is 11.2. The summed E-state index contributed by atoms with van der Waals surface area (Å²) < 4.78 is 1.84. The third-order valence-electron chi connectivity index (χ3n) is 4.06. The van der Waals surface area contributed by atoms with Crippen LogP contribution in [0.1, 0.15) is 52.1 Å². The standard InChI is InChI=1S/C18H36N6/c1-8-19-18(22-15(4)10-9-14(2)3)20-12-17(23(5)6)16-11-21-24(7)13-16/h11,13-15,17H,8-10,12H2,1-7H3,(H2,19,20,22). The summed E-state index contributed by atoms with van der Waals surface area (Å²) in [6.07, 6.45) is 6.36. The molecule has 2 atom stereocenters. The molecule has 0 saturated heterocycles. The molecule has 1 rings (SSSR count). The van der Waals surface area contributed by atoms with Gasteiger partial charge in [-0.05, 0) is 46.7 Å². The predicted molar refractivity (Wildman–Crippen MR) is 102 cm³/mol. The fourth-order valence-corrected chi connectivity index (χ4v) is 2.57. The molecule has 0 bridgehead atoms. The fourth-order valence-electron chi connectivity index (χ4n) is 2.57. The van der Waals surface area contributed by atoms with Crippen molar-refractivity contribution in [1.82, 2.24) is 25.3 Å². The van der Waals surface area contributed by atoms with Gasteiger partial charge in [-0.15, -0.1) is 0 Å². The van der Waals surface area contributed by atoms with Crippen molar-refractivity contribution < 1.29 is 0 Å². The van der Waals surface area contributed by atoms with Gasteiger partial charge in [-0.3, -0.25) is 9.67 Å². The number of nitrogens with one attached hydrogen (secondary N) is 2. The first-order valence-corrected chi connectivity index (χ1v) is 9.03. The summed E-state index contributed by atoms with van der Waals surface area (Å²) in [4.78, 5) is 6.99. The average Bonchev–Trinajstić information content (AvgIpc) is 2.91. The van der Waals surface area contributed by atoms with E-state index >= 15 is 0 Å².